The molecule has 0 aliphatic rings. The maximum Gasteiger partial charge on any atom is 0.0590 e. The molecule has 1 atom stereocenters. The van der Waals surface area contributed by atoms with Crippen molar-refractivity contribution in [2.24, 2.45) is 0 Å². The lowest BCUT2D eigenvalue weighted by Gasteiger charge is -2.18. The zero-order valence-electron chi connectivity index (χ0n) is 10.9. The van der Waals surface area contributed by atoms with Crippen LogP contribution in [-0.2, 0) is 0 Å². The van der Waals surface area contributed by atoms with Crippen molar-refractivity contribution in [2.75, 3.05) is 7.05 Å². The molecule has 0 radical (unpaired) electrons. The first-order chi connectivity index (χ1) is 8.61. The molecule has 0 fully saturated rings. The lowest BCUT2D eigenvalue weighted by molar-refractivity contribution is 0.687. The van der Waals surface area contributed by atoms with E-state index >= 15 is 0 Å². The third-order valence-electron chi connectivity index (χ3n) is 3.21. The topological polar surface area (TPSA) is 24.9 Å². The smallest absolute Gasteiger partial charge is 0.0590 e. The second-order valence-corrected chi connectivity index (χ2v) is 5.42. The fraction of sp³-hybridized carbons (Fsp3) is 0.267. The van der Waals surface area contributed by atoms with Crippen LogP contribution in [0, 0.1) is 13.8 Å². The SMILES string of the molecule is CNC(c1cncc(Br)c1)c1ccc(C)c(C)c1. The van der Waals surface area contributed by atoms with Gasteiger partial charge in [-0.05, 0) is 65.1 Å². The van der Waals surface area contributed by atoms with Crippen molar-refractivity contribution in [2.45, 2.75) is 19.9 Å². The molecule has 0 saturated carbocycles. The Labute approximate surface area is 117 Å². The first kappa shape index (κ1) is 13.2. The predicted molar refractivity (Wildman–Crippen MR) is 78.8 cm³/mol. The van der Waals surface area contributed by atoms with Crippen LogP contribution >= 0.6 is 15.9 Å². The van der Waals surface area contributed by atoms with Crippen molar-refractivity contribution in [1.82, 2.24) is 10.3 Å². The maximum atomic E-state index is 4.23. The molecule has 0 aliphatic heterocycles. The van der Waals surface area contributed by atoms with Crippen molar-refractivity contribution in [3.05, 3.63) is 63.4 Å². The number of benzene rings is 1. The summed E-state index contributed by atoms with van der Waals surface area (Å²) in [5, 5.41) is 3.35. The summed E-state index contributed by atoms with van der Waals surface area (Å²) in [6.45, 7) is 4.28. The van der Waals surface area contributed by atoms with Crippen molar-refractivity contribution in [1.29, 1.82) is 0 Å². The van der Waals surface area contributed by atoms with Crippen molar-refractivity contribution in [3.63, 3.8) is 0 Å². The van der Waals surface area contributed by atoms with Crippen LogP contribution in [0.4, 0.5) is 0 Å². The van der Waals surface area contributed by atoms with Crippen LogP contribution in [-0.4, -0.2) is 12.0 Å². The third-order valence-corrected chi connectivity index (χ3v) is 3.65. The molecule has 1 N–H and O–H groups in total. The molecule has 1 heterocycles. The summed E-state index contributed by atoms with van der Waals surface area (Å²) in [5.74, 6) is 0. The van der Waals surface area contributed by atoms with Gasteiger partial charge in [0.2, 0.25) is 0 Å². The minimum atomic E-state index is 0.175. The number of nitrogens with zero attached hydrogens (tertiary/aromatic N) is 1. The van der Waals surface area contributed by atoms with Gasteiger partial charge in [0.25, 0.3) is 0 Å². The van der Waals surface area contributed by atoms with Crippen LogP contribution < -0.4 is 5.32 Å². The number of aryl methyl sites for hydroxylation is 2. The summed E-state index contributed by atoms with van der Waals surface area (Å²) in [5.41, 5.74) is 5.06. The summed E-state index contributed by atoms with van der Waals surface area (Å²) in [4.78, 5) is 4.23. The molecule has 0 spiro atoms. The number of hydrogen-bond donors (Lipinski definition) is 1. The maximum absolute atomic E-state index is 4.23. The van der Waals surface area contributed by atoms with E-state index in [0.717, 1.165) is 10.0 Å². The number of aromatic nitrogens is 1. The van der Waals surface area contributed by atoms with Gasteiger partial charge in [0, 0.05) is 16.9 Å². The van der Waals surface area contributed by atoms with Gasteiger partial charge in [-0.15, -0.1) is 0 Å². The Morgan fingerprint density at radius 2 is 1.83 bits per heavy atom. The van der Waals surface area contributed by atoms with E-state index in [9.17, 15) is 0 Å². The zero-order valence-corrected chi connectivity index (χ0v) is 12.5. The number of hydrogen-bond acceptors (Lipinski definition) is 2. The van der Waals surface area contributed by atoms with Gasteiger partial charge in [0.1, 0.15) is 0 Å². The van der Waals surface area contributed by atoms with Crippen molar-refractivity contribution < 1.29 is 0 Å². The Morgan fingerprint density at radius 3 is 2.44 bits per heavy atom. The fourth-order valence-electron chi connectivity index (χ4n) is 2.06. The summed E-state index contributed by atoms with van der Waals surface area (Å²) in [6, 6.07) is 8.85. The molecular formula is C15H17BrN2. The van der Waals surface area contributed by atoms with E-state index in [2.05, 4.69) is 64.3 Å². The van der Waals surface area contributed by atoms with Gasteiger partial charge in [-0.25, -0.2) is 0 Å². The zero-order chi connectivity index (χ0) is 13.1. The molecule has 2 nitrogen and oxygen atoms in total. The fourth-order valence-corrected chi connectivity index (χ4v) is 2.44. The second kappa shape index (κ2) is 5.63. The highest BCUT2D eigenvalue weighted by Gasteiger charge is 2.13. The Morgan fingerprint density at radius 1 is 1.06 bits per heavy atom. The summed E-state index contributed by atoms with van der Waals surface area (Å²) in [6.07, 6.45) is 3.71. The molecule has 2 rings (SSSR count). The quantitative estimate of drug-likeness (QED) is 0.933. The Hall–Kier alpha value is -1.19. The largest absolute Gasteiger partial charge is 0.309 e. The predicted octanol–water partition coefficient (Wildman–Crippen LogP) is 3.77. The molecule has 1 aromatic heterocycles. The van der Waals surface area contributed by atoms with Crippen LogP contribution in [0.25, 0.3) is 0 Å². The van der Waals surface area contributed by atoms with Gasteiger partial charge < -0.3 is 5.32 Å². The molecular weight excluding hydrogens is 288 g/mol. The van der Waals surface area contributed by atoms with Gasteiger partial charge in [-0.2, -0.15) is 0 Å². The average Bonchev–Trinajstić information content (AvgIpc) is 2.35. The molecule has 1 unspecified atom stereocenters. The lowest BCUT2D eigenvalue weighted by Crippen LogP contribution is -2.18. The Bertz CT molecular complexity index is 552. The molecule has 18 heavy (non-hydrogen) atoms. The first-order valence-corrected chi connectivity index (χ1v) is 6.76. The van der Waals surface area contributed by atoms with E-state index in [4.69, 9.17) is 0 Å². The number of halogens is 1. The second-order valence-electron chi connectivity index (χ2n) is 4.50. The van der Waals surface area contributed by atoms with E-state index in [0.29, 0.717) is 0 Å². The number of nitrogens with one attached hydrogen (secondary N) is 1. The molecule has 2 aromatic rings. The minimum absolute atomic E-state index is 0.175. The standard InChI is InChI=1S/C15H17BrN2/c1-10-4-5-12(6-11(10)2)15(17-3)13-7-14(16)9-18-8-13/h4-9,15,17H,1-3H3. The highest BCUT2D eigenvalue weighted by Crippen LogP contribution is 2.24. The monoisotopic (exact) mass is 304 g/mol. The van der Waals surface area contributed by atoms with Crippen LogP contribution in [0.5, 0.6) is 0 Å². The van der Waals surface area contributed by atoms with Crippen LogP contribution in [0.3, 0.4) is 0 Å². The molecule has 1 aromatic carbocycles. The van der Waals surface area contributed by atoms with E-state index in [-0.39, 0.29) is 6.04 Å². The molecule has 0 bridgehead atoms. The van der Waals surface area contributed by atoms with E-state index < -0.39 is 0 Å². The molecule has 3 heteroatoms. The van der Waals surface area contributed by atoms with Crippen LogP contribution in [0.1, 0.15) is 28.3 Å². The van der Waals surface area contributed by atoms with Crippen molar-refractivity contribution in [3.8, 4) is 0 Å². The highest BCUT2D eigenvalue weighted by molar-refractivity contribution is 9.10. The van der Waals surface area contributed by atoms with E-state index in [1.165, 1.54) is 16.7 Å². The summed E-state index contributed by atoms with van der Waals surface area (Å²) < 4.78 is 1.00. The van der Waals surface area contributed by atoms with Gasteiger partial charge in [0.15, 0.2) is 0 Å². The number of rotatable bonds is 3. The first-order valence-electron chi connectivity index (χ1n) is 5.96. The van der Waals surface area contributed by atoms with Gasteiger partial charge >= 0.3 is 0 Å². The molecule has 0 amide bonds. The van der Waals surface area contributed by atoms with E-state index in [1.54, 1.807) is 6.20 Å². The van der Waals surface area contributed by atoms with E-state index in [1.807, 2.05) is 13.2 Å². The Balaban J connectivity index is 2.42. The third kappa shape index (κ3) is 2.79. The Kier molecular flexibility index (Phi) is 4.15. The lowest BCUT2D eigenvalue weighted by atomic mass is 9.97. The average molecular weight is 305 g/mol. The normalized spacial score (nSPS) is 12.4. The number of pyridine rings is 1. The molecule has 0 saturated heterocycles. The van der Waals surface area contributed by atoms with Crippen LogP contribution in [0.2, 0.25) is 0 Å². The minimum Gasteiger partial charge on any atom is -0.309 e. The summed E-state index contributed by atoms with van der Waals surface area (Å²) in [7, 11) is 1.97. The highest BCUT2D eigenvalue weighted by atomic mass is 79.9. The van der Waals surface area contributed by atoms with Crippen LogP contribution in [0.15, 0.2) is 41.1 Å². The van der Waals surface area contributed by atoms with Gasteiger partial charge in [-0.1, -0.05) is 18.2 Å². The molecule has 0 aliphatic carbocycles. The summed E-state index contributed by atoms with van der Waals surface area (Å²) >= 11 is 3.47. The van der Waals surface area contributed by atoms with Crippen molar-refractivity contribution >= 4 is 15.9 Å². The van der Waals surface area contributed by atoms with Gasteiger partial charge in [-0.3, -0.25) is 4.98 Å². The van der Waals surface area contributed by atoms with Gasteiger partial charge in [0.05, 0.1) is 6.04 Å². The molecule has 94 valence electrons.